The SMILES string of the molecule is C.C.C.C1C2CC1C2.C1CC2CC1C2.C1CC2CCC(C1)C2.C1CC2CCC1C2.C1CC2CCC1CC2.CC.CC.CC.CC.CC.CC.CN1C(=O)C2CCC1CC2. The zero-order valence-electron chi connectivity index (χ0n) is 41.1. The van der Waals surface area contributed by atoms with Crippen molar-refractivity contribution in [2.24, 2.45) is 65.1 Å². The van der Waals surface area contributed by atoms with E-state index in [4.69, 9.17) is 0 Å². The van der Waals surface area contributed by atoms with Crippen molar-refractivity contribution in [1.29, 1.82) is 0 Å². The van der Waals surface area contributed by atoms with Crippen LogP contribution in [0.2, 0.25) is 0 Å². The summed E-state index contributed by atoms with van der Waals surface area (Å²) in [6.07, 6.45) is 42.3. The fourth-order valence-electron chi connectivity index (χ4n) is 12.1. The van der Waals surface area contributed by atoms with Gasteiger partial charge in [-0.15, -0.1) is 0 Å². The van der Waals surface area contributed by atoms with Crippen molar-refractivity contribution in [3.63, 3.8) is 0 Å². The van der Waals surface area contributed by atoms with E-state index in [0.29, 0.717) is 17.9 Å². The minimum atomic E-state index is 0. The summed E-state index contributed by atoms with van der Waals surface area (Å²) < 4.78 is 0. The van der Waals surface area contributed by atoms with E-state index in [1.165, 1.54) is 54.8 Å². The van der Waals surface area contributed by atoms with Crippen LogP contribution in [0.1, 0.15) is 285 Å². The molecule has 59 heavy (non-hydrogen) atoms. The molecule has 16 rings (SSSR count). The first-order valence-electron chi connectivity index (χ1n) is 26.8. The molecule has 0 N–H and O–H groups in total. The number of carbonyl (C=O) groups is 1. The topological polar surface area (TPSA) is 20.3 Å². The van der Waals surface area contributed by atoms with E-state index in [0.717, 1.165) is 36.5 Å². The maximum Gasteiger partial charge on any atom is 0.225 e. The van der Waals surface area contributed by atoms with Crippen LogP contribution in [-0.2, 0) is 4.79 Å². The molecule has 16 aliphatic rings. The van der Waals surface area contributed by atoms with Crippen LogP contribution in [-0.4, -0.2) is 23.9 Å². The molecule has 16 fully saturated rings. The predicted molar refractivity (Wildman–Crippen MR) is 273 cm³/mol. The van der Waals surface area contributed by atoms with Crippen molar-refractivity contribution in [1.82, 2.24) is 4.90 Å². The summed E-state index contributed by atoms with van der Waals surface area (Å²) in [5.74, 6) is 12.5. The highest BCUT2D eigenvalue weighted by Gasteiger charge is 2.41. The monoisotopic (exact) mass is 834 g/mol. The molecule has 2 unspecified atom stereocenters. The second-order valence-corrected chi connectivity index (χ2v) is 18.7. The van der Waals surface area contributed by atoms with Gasteiger partial charge in [0.25, 0.3) is 0 Å². The highest BCUT2D eigenvalue weighted by Crippen LogP contribution is 2.53. The summed E-state index contributed by atoms with van der Waals surface area (Å²) in [5, 5.41) is 0. The molecule has 0 radical (unpaired) electrons. The molecule has 0 aromatic carbocycles. The van der Waals surface area contributed by atoms with Crippen molar-refractivity contribution in [3.05, 3.63) is 0 Å². The van der Waals surface area contributed by atoms with Gasteiger partial charge in [0.15, 0.2) is 0 Å². The Bertz CT molecular complexity index is 787. The van der Waals surface area contributed by atoms with Crippen LogP contribution in [0.3, 0.4) is 0 Å². The van der Waals surface area contributed by atoms with E-state index >= 15 is 0 Å². The smallest absolute Gasteiger partial charge is 0.225 e. The summed E-state index contributed by atoms with van der Waals surface area (Å²) in [6, 6.07) is 0.581. The van der Waals surface area contributed by atoms with E-state index < -0.39 is 0 Å². The summed E-state index contributed by atoms with van der Waals surface area (Å²) in [5.41, 5.74) is 0. The van der Waals surface area contributed by atoms with Crippen LogP contribution in [0.25, 0.3) is 0 Å². The maximum atomic E-state index is 11.3. The van der Waals surface area contributed by atoms with Gasteiger partial charge >= 0.3 is 0 Å². The second-order valence-electron chi connectivity index (χ2n) is 18.7. The van der Waals surface area contributed by atoms with Gasteiger partial charge in [0.05, 0.1) is 0 Å². The molecule has 358 valence electrons. The van der Waals surface area contributed by atoms with Gasteiger partial charge in [-0.05, 0) is 130 Å². The first kappa shape index (κ1) is 62.8. The zero-order valence-corrected chi connectivity index (χ0v) is 41.1. The number of hydrogen-bond acceptors (Lipinski definition) is 1. The quantitative estimate of drug-likeness (QED) is 0.238. The van der Waals surface area contributed by atoms with Crippen molar-refractivity contribution in [3.8, 4) is 0 Å². The average molecular weight is 835 g/mol. The maximum absolute atomic E-state index is 11.3. The molecule has 14 aliphatic carbocycles. The van der Waals surface area contributed by atoms with Crippen LogP contribution in [0, 0.1) is 65.1 Å². The first-order valence-corrected chi connectivity index (χ1v) is 26.8. The minimum absolute atomic E-state index is 0. The molecule has 14 saturated carbocycles. The molecule has 0 aromatic rings. The van der Waals surface area contributed by atoms with Gasteiger partial charge in [0.1, 0.15) is 0 Å². The Kier molecular flexibility index (Phi) is 40.4. The summed E-state index contributed by atoms with van der Waals surface area (Å²) in [4.78, 5) is 13.3. The normalized spacial score (nSPS) is 35.3. The third-order valence-electron chi connectivity index (χ3n) is 15.7. The molecule has 2 aliphatic heterocycles. The fourth-order valence-corrected chi connectivity index (χ4v) is 12.1. The fraction of sp³-hybridized carbons (Fsp3) is 0.982. The van der Waals surface area contributed by atoms with Gasteiger partial charge in [-0.1, -0.05) is 215 Å². The van der Waals surface area contributed by atoms with Gasteiger partial charge in [-0.2, -0.15) is 0 Å². The summed E-state index contributed by atoms with van der Waals surface area (Å²) >= 11 is 0. The molecule has 1 amide bonds. The van der Waals surface area contributed by atoms with E-state index in [2.05, 4.69) is 0 Å². The number of carbonyl (C=O) groups excluding carboxylic acids is 1. The number of rotatable bonds is 0. The Labute approximate surface area is 377 Å². The highest BCUT2D eigenvalue weighted by molar-refractivity contribution is 5.80. The Hall–Kier alpha value is -0.530. The van der Waals surface area contributed by atoms with Crippen molar-refractivity contribution in [2.75, 3.05) is 7.05 Å². The lowest BCUT2D eigenvalue weighted by Crippen LogP contribution is -2.49. The van der Waals surface area contributed by atoms with E-state index in [9.17, 15) is 4.79 Å². The van der Waals surface area contributed by atoms with Crippen LogP contribution in [0.4, 0.5) is 0 Å². The van der Waals surface area contributed by atoms with Gasteiger partial charge in [-0.25, -0.2) is 0 Å². The number of nitrogens with zero attached hydrogens (tertiary/aromatic N) is 1. The largest absolute Gasteiger partial charge is 0.343 e. The van der Waals surface area contributed by atoms with Gasteiger partial charge in [0, 0.05) is 19.0 Å². The predicted octanol–water partition coefficient (Wildman–Crippen LogP) is 19.7. The van der Waals surface area contributed by atoms with Crippen LogP contribution >= 0.6 is 0 Å². The molecular formula is C57H119NO. The Morgan fingerprint density at radius 1 is 0.305 bits per heavy atom. The molecule has 0 aromatic heterocycles. The van der Waals surface area contributed by atoms with Gasteiger partial charge in [0.2, 0.25) is 5.91 Å². The van der Waals surface area contributed by atoms with E-state index in [1.807, 2.05) is 95.0 Å². The highest BCUT2D eigenvalue weighted by atomic mass is 16.2. The number of amides is 1. The molecule has 2 nitrogen and oxygen atoms in total. The second kappa shape index (κ2) is 38.0. The van der Waals surface area contributed by atoms with Crippen molar-refractivity contribution >= 4 is 5.91 Å². The number of piperidine rings is 2. The van der Waals surface area contributed by atoms with Gasteiger partial charge < -0.3 is 4.90 Å². The molecule has 0 spiro atoms. The van der Waals surface area contributed by atoms with E-state index in [-0.39, 0.29) is 22.3 Å². The molecule has 2 saturated heterocycles. The van der Waals surface area contributed by atoms with Crippen LogP contribution < -0.4 is 0 Å². The Morgan fingerprint density at radius 3 is 0.678 bits per heavy atom. The zero-order chi connectivity index (χ0) is 41.9. The lowest BCUT2D eigenvalue weighted by atomic mass is 9.56. The number of hydrogen-bond donors (Lipinski definition) is 0. The molecular weight excluding hydrogens is 715 g/mol. The summed E-state index contributed by atoms with van der Waals surface area (Å²) in [7, 11) is 1.94. The first-order chi connectivity index (χ1) is 27.5. The Morgan fingerprint density at radius 2 is 0.525 bits per heavy atom. The Balaban J connectivity index is -0.000000605. The van der Waals surface area contributed by atoms with Crippen LogP contribution in [0.5, 0.6) is 0 Å². The lowest BCUT2D eigenvalue weighted by Gasteiger charge is -2.49. The number of fused-ring (bicyclic) bond motifs is 11. The van der Waals surface area contributed by atoms with Crippen molar-refractivity contribution < 1.29 is 4.79 Å². The van der Waals surface area contributed by atoms with Gasteiger partial charge in [-0.3, -0.25) is 4.79 Å². The molecule has 2 heterocycles. The summed E-state index contributed by atoms with van der Waals surface area (Å²) in [6.45, 7) is 24.0. The third kappa shape index (κ3) is 21.6. The molecule has 2 heteroatoms. The van der Waals surface area contributed by atoms with Crippen molar-refractivity contribution in [2.45, 2.75) is 291 Å². The standard InChI is InChI=1S/C8H13NO.2C8H14.C7H12.C6H10.C5H8.6C2H6.3CH4/c1-9-7-4-2-6(3-5-7)8(9)10;1-2-8-5-3-7(1)4-6-8;1-2-7-4-5-8(3-1)6-7;1-2-7-4-3-6(1)5-7;1-2-6-3-5(1)4-6;1-4-2-5(1)3-4;6*1-2;;;/h6-7H,2-5H2,1H3;2*7-8H,1-6H2;6-7H,1-5H2;5-6H,1-4H2;4-5H,1-3H2;6*1-2H3;3*1H4. The van der Waals surface area contributed by atoms with E-state index in [1.54, 1.807) is 148 Å². The minimum Gasteiger partial charge on any atom is -0.343 e. The molecule has 2 atom stereocenters. The molecule has 12 bridgehead atoms. The average Bonchev–Trinajstić information content (AvgIpc) is 4.13. The van der Waals surface area contributed by atoms with Crippen LogP contribution in [0.15, 0.2) is 0 Å². The third-order valence-corrected chi connectivity index (χ3v) is 15.7. The lowest BCUT2D eigenvalue weighted by molar-refractivity contribution is -0.144.